The molecule has 0 bridgehead atoms. The average Bonchev–Trinajstić information content (AvgIpc) is 2.59. The van der Waals surface area contributed by atoms with Gasteiger partial charge in [-0.1, -0.05) is 13.8 Å². The summed E-state index contributed by atoms with van der Waals surface area (Å²) in [6.07, 6.45) is 1.15. The summed E-state index contributed by atoms with van der Waals surface area (Å²) in [7, 11) is 0. The molecule has 1 aliphatic carbocycles. The molecule has 0 aromatic rings. The van der Waals surface area contributed by atoms with Crippen molar-refractivity contribution in [3.63, 3.8) is 0 Å². The van der Waals surface area contributed by atoms with Gasteiger partial charge in [-0.15, -0.1) is 0 Å². The van der Waals surface area contributed by atoms with Crippen LogP contribution < -0.4 is 5.73 Å². The summed E-state index contributed by atoms with van der Waals surface area (Å²) in [4.78, 5) is 11.1. The number of hydrogen-bond acceptors (Lipinski definition) is 3. The van der Waals surface area contributed by atoms with Crippen molar-refractivity contribution in [1.29, 1.82) is 0 Å². The lowest BCUT2D eigenvalue weighted by Crippen LogP contribution is -2.32. The van der Waals surface area contributed by atoms with Gasteiger partial charge in [0.25, 0.3) is 0 Å². The zero-order chi connectivity index (χ0) is 10.2. The van der Waals surface area contributed by atoms with Gasteiger partial charge in [0.05, 0.1) is 0 Å². The standard InChI is InChI=1S/C10H19NO2/c1-6(11)9(12)13-7(2)8-5-10(8,3)4/h6-8H,5,11H2,1-4H3. The van der Waals surface area contributed by atoms with Crippen LogP contribution >= 0.6 is 0 Å². The molecule has 0 spiro atoms. The van der Waals surface area contributed by atoms with Crippen LogP contribution in [-0.4, -0.2) is 18.1 Å². The molecule has 2 N–H and O–H groups in total. The molecular weight excluding hydrogens is 166 g/mol. The zero-order valence-electron chi connectivity index (χ0n) is 8.83. The third-order valence-electron chi connectivity index (χ3n) is 2.83. The van der Waals surface area contributed by atoms with Crippen molar-refractivity contribution in [2.45, 2.75) is 46.3 Å². The quantitative estimate of drug-likeness (QED) is 0.674. The van der Waals surface area contributed by atoms with Crippen LogP contribution in [0.5, 0.6) is 0 Å². The minimum atomic E-state index is -0.510. The molecule has 1 fully saturated rings. The van der Waals surface area contributed by atoms with Crippen LogP contribution in [0.3, 0.4) is 0 Å². The molecule has 13 heavy (non-hydrogen) atoms. The van der Waals surface area contributed by atoms with Gasteiger partial charge in [0.1, 0.15) is 12.1 Å². The number of hydrogen-bond donors (Lipinski definition) is 1. The van der Waals surface area contributed by atoms with Crippen molar-refractivity contribution in [1.82, 2.24) is 0 Å². The number of ether oxygens (including phenoxy) is 1. The predicted octanol–water partition coefficient (Wildman–Crippen LogP) is 1.31. The first-order valence-electron chi connectivity index (χ1n) is 4.80. The topological polar surface area (TPSA) is 52.3 Å². The Labute approximate surface area is 79.6 Å². The highest BCUT2D eigenvalue weighted by Crippen LogP contribution is 2.54. The summed E-state index contributed by atoms with van der Waals surface area (Å²) in [5, 5.41) is 0. The molecule has 0 saturated heterocycles. The molecule has 76 valence electrons. The van der Waals surface area contributed by atoms with Crippen LogP contribution in [0.1, 0.15) is 34.1 Å². The lowest BCUT2D eigenvalue weighted by atomic mass is 10.1. The third-order valence-corrected chi connectivity index (χ3v) is 2.83. The SMILES string of the molecule is CC(N)C(=O)OC(C)C1CC1(C)C. The van der Waals surface area contributed by atoms with Crippen LogP contribution in [0, 0.1) is 11.3 Å². The fraction of sp³-hybridized carbons (Fsp3) is 0.900. The van der Waals surface area contributed by atoms with Crippen LogP contribution in [0.2, 0.25) is 0 Å². The fourth-order valence-corrected chi connectivity index (χ4v) is 1.68. The van der Waals surface area contributed by atoms with Crippen molar-refractivity contribution in [2.75, 3.05) is 0 Å². The van der Waals surface area contributed by atoms with Gasteiger partial charge in [-0.25, -0.2) is 0 Å². The largest absolute Gasteiger partial charge is 0.461 e. The summed E-state index contributed by atoms with van der Waals surface area (Å²) in [6, 6.07) is -0.510. The molecule has 1 aliphatic rings. The molecule has 3 nitrogen and oxygen atoms in total. The molecule has 3 atom stereocenters. The molecule has 1 saturated carbocycles. The number of rotatable bonds is 3. The molecular formula is C10H19NO2. The van der Waals surface area contributed by atoms with E-state index in [1.54, 1.807) is 6.92 Å². The second kappa shape index (κ2) is 3.29. The normalized spacial score (nSPS) is 29.2. The maximum atomic E-state index is 11.1. The van der Waals surface area contributed by atoms with Crippen molar-refractivity contribution < 1.29 is 9.53 Å². The van der Waals surface area contributed by atoms with E-state index >= 15 is 0 Å². The lowest BCUT2D eigenvalue weighted by molar-refractivity contribution is -0.150. The first-order chi connectivity index (χ1) is 5.84. The molecule has 3 unspecified atom stereocenters. The van der Waals surface area contributed by atoms with E-state index < -0.39 is 6.04 Å². The van der Waals surface area contributed by atoms with Crippen LogP contribution in [0.4, 0.5) is 0 Å². The Morgan fingerprint density at radius 1 is 1.54 bits per heavy atom. The van der Waals surface area contributed by atoms with Gasteiger partial charge in [-0.05, 0) is 25.7 Å². The molecule has 3 heteroatoms. The van der Waals surface area contributed by atoms with Crippen LogP contribution in [0.15, 0.2) is 0 Å². The average molecular weight is 185 g/mol. The first-order valence-corrected chi connectivity index (χ1v) is 4.80. The van der Waals surface area contributed by atoms with E-state index in [2.05, 4.69) is 13.8 Å². The van der Waals surface area contributed by atoms with E-state index in [1.165, 1.54) is 0 Å². The van der Waals surface area contributed by atoms with Gasteiger partial charge in [0, 0.05) is 5.92 Å². The van der Waals surface area contributed by atoms with Crippen LogP contribution in [0.25, 0.3) is 0 Å². The minimum absolute atomic E-state index is 0.00787. The Morgan fingerprint density at radius 2 is 2.00 bits per heavy atom. The third kappa shape index (κ3) is 2.44. The Hall–Kier alpha value is -0.570. The van der Waals surface area contributed by atoms with E-state index in [-0.39, 0.29) is 12.1 Å². The van der Waals surface area contributed by atoms with Crippen molar-refractivity contribution in [2.24, 2.45) is 17.1 Å². The Bertz CT molecular complexity index is 211. The molecule has 0 aliphatic heterocycles. The number of carbonyl (C=O) groups is 1. The van der Waals surface area contributed by atoms with E-state index in [0.717, 1.165) is 6.42 Å². The van der Waals surface area contributed by atoms with E-state index in [4.69, 9.17) is 10.5 Å². The van der Waals surface area contributed by atoms with Crippen molar-refractivity contribution >= 4 is 5.97 Å². The molecule has 0 aromatic heterocycles. The predicted molar refractivity (Wildman–Crippen MR) is 51.1 cm³/mol. The van der Waals surface area contributed by atoms with Crippen molar-refractivity contribution in [3.05, 3.63) is 0 Å². The summed E-state index contributed by atoms with van der Waals surface area (Å²) in [5.41, 5.74) is 5.74. The summed E-state index contributed by atoms with van der Waals surface area (Å²) < 4.78 is 5.21. The van der Waals surface area contributed by atoms with E-state index in [9.17, 15) is 4.79 Å². The number of esters is 1. The summed E-state index contributed by atoms with van der Waals surface area (Å²) in [6.45, 7) is 7.97. The fourth-order valence-electron chi connectivity index (χ4n) is 1.68. The van der Waals surface area contributed by atoms with Gasteiger partial charge < -0.3 is 10.5 Å². The summed E-state index contributed by atoms with van der Waals surface area (Å²) in [5.74, 6) is 0.213. The van der Waals surface area contributed by atoms with Gasteiger partial charge in [0.15, 0.2) is 0 Å². The van der Waals surface area contributed by atoms with Gasteiger partial charge >= 0.3 is 5.97 Å². The van der Waals surface area contributed by atoms with Gasteiger partial charge in [0.2, 0.25) is 0 Å². The highest BCUT2D eigenvalue weighted by molar-refractivity contribution is 5.75. The Kier molecular flexibility index (Phi) is 2.66. The Balaban J connectivity index is 2.35. The van der Waals surface area contributed by atoms with E-state index in [0.29, 0.717) is 11.3 Å². The molecule has 0 aromatic carbocycles. The highest BCUT2D eigenvalue weighted by Gasteiger charge is 2.50. The number of nitrogens with two attached hydrogens (primary N) is 1. The molecule has 0 amide bonds. The van der Waals surface area contributed by atoms with Gasteiger partial charge in [-0.2, -0.15) is 0 Å². The maximum absolute atomic E-state index is 11.1. The lowest BCUT2D eigenvalue weighted by Gasteiger charge is -2.16. The molecule has 0 radical (unpaired) electrons. The second-order valence-corrected chi connectivity index (χ2v) is 4.73. The minimum Gasteiger partial charge on any atom is -0.461 e. The Morgan fingerprint density at radius 3 is 2.31 bits per heavy atom. The van der Waals surface area contributed by atoms with E-state index in [1.807, 2.05) is 6.92 Å². The zero-order valence-corrected chi connectivity index (χ0v) is 8.83. The second-order valence-electron chi connectivity index (χ2n) is 4.73. The molecule has 0 heterocycles. The van der Waals surface area contributed by atoms with Gasteiger partial charge in [-0.3, -0.25) is 4.79 Å². The summed E-state index contributed by atoms with van der Waals surface area (Å²) >= 11 is 0. The first kappa shape index (κ1) is 10.5. The highest BCUT2D eigenvalue weighted by atomic mass is 16.5. The van der Waals surface area contributed by atoms with Crippen molar-refractivity contribution in [3.8, 4) is 0 Å². The monoisotopic (exact) mass is 185 g/mol. The molecule has 1 rings (SSSR count). The maximum Gasteiger partial charge on any atom is 0.322 e. The smallest absolute Gasteiger partial charge is 0.322 e. The number of carbonyl (C=O) groups excluding carboxylic acids is 1. The van der Waals surface area contributed by atoms with Crippen LogP contribution in [-0.2, 0) is 9.53 Å².